The van der Waals surface area contributed by atoms with Gasteiger partial charge in [-0.1, -0.05) is 29.3 Å². The lowest BCUT2D eigenvalue weighted by Gasteiger charge is -2.20. The molecule has 0 N–H and O–H groups in total. The molecule has 5 rings (SSSR count). The molecule has 1 aliphatic heterocycles. The van der Waals surface area contributed by atoms with Crippen molar-refractivity contribution in [3.8, 4) is 34.3 Å². The maximum Gasteiger partial charge on any atom is 0.262 e. The second-order valence-corrected chi connectivity index (χ2v) is 8.53. The maximum atomic E-state index is 12.6. The molecule has 2 aromatic carbocycles. The monoisotopic (exact) mass is 476 g/mol. The summed E-state index contributed by atoms with van der Waals surface area (Å²) in [6.45, 7) is 2.20. The Morgan fingerprint density at radius 2 is 1.89 bits per heavy atom. The lowest BCUT2D eigenvalue weighted by atomic mass is 10.1. The molecule has 35 heavy (non-hydrogen) atoms. The Balaban J connectivity index is 1.33. The SMILES string of the molecule is COc1cccc(-c2nc(-c3ccc4c(c3)nnn4CCC(=O)N3CCCCCC3)no2)c1OC. The number of fused-ring (bicyclic) bond motifs is 1. The largest absolute Gasteiger partial charge is 0.493 e. The molecule has 4 aromatic rings. The van der Waals surface area contributed by atoms with Gasteiger partial charge in [0.05, 0.1) is 31.8 Å². The lowest BCUT2D eigenvalue weighted by Crippen LogP contribution is -2.32. The highest BCUT2D eigenvalue weighted by atomic mass is 16.5. The molecule has 2 aromatic heterocycles. The Labute approximate surface area is 202 Å². The molecule has 0 saturated carbocycles. The number of hydrogen-bond donors (Lipinski definition) is 0. The van der Waals surface area contributed by atoms with Crippen LogP contribution in [0.3, 0.4) is 0 Å². The number of benzene rings is 2. The van der Waals surface area contributed by atoms with E-state index in [1.54, 1.807) is 25.0 Å². The number of ether oxygens (including phenoxy) is 2. The van der Waals surface area contributed by atoms with E-state index in [1.807, 2.05) is 35.2 Å². The molecule has 1 fully saturated rings. The van der Waals surface area contributed by atoms with E-state index in [9.17, 15) is 4.79 Å². The topological polar surface area (TPSA) is 108 Å². The van der Waals surface area contributed by atoms with Crippen LogP contribution in [0.5, 0.6) is 11.5 Å². The molecule has 0 spiro atoms. The van der Waals surface area contributed by atoms with Crippen molar-refractivity contribution in [3.63, 3.8) is 0 Å². The molecule has 1 amide bonds. The summed E-state index contributed by atoms with van der Waals surface area (Å²) in [6.07, 6.45) is 4.99. The van der Waals surface area contributed by atoms with Crippen LogP contribution in [0.1, 0.15) is 32.1 Å². The molecule has 3 heterocycles. The van der Waals surface area contributed by atoms with Crippen LogP contribution in [-0.4, -0.2) is 63.3 Å². The Bertz CT molecular complexity index is 1320. The van der Waals surface area contributed by atoms with Gasteiger partial charge in [-0.25, -0.2) is 4.68 Å². The predicted molar refractivity (Wildman–Crippen MR) is 129 cm³/mol. The third-order valence-corrected chi connectivity index (χ3v) is 6.33. The number of para-hydroxylation sites is 1. The zero-order valence-electron chi connectivity index (χ0n) is 19.9. The van der Waals surface area contributed by atoms with Crippen LogP contribution in [0.15, 0.2) is 40.9 Å². The van der Waals surface area contributed by atoms with Crippen LogP contribution in [0.25, 0.3) is 33.9 Å². The van der Waals surface area contributed by atoms with Crippen molar-refractivity contribution in [2.45, 2.75) is 38.6 Å². The number of aryl methyl sites for hydroxylation is 1. The number of likely N-dealkylation sites (tertiary alicyclic amines) is 1. The van der Waals surface area contributed by atoms with E-state index in [4.69, 9.17) is 14.0 Å². The summed E-state index contributed by atoms with van der Waals surface area (Å²) in [6, 6.07) is 11.2. The minimum Gasteiger partial charge on any atom is -0.493 e. The summed E-state index contributed by atoms with van der Waals surface area (Å²) in [5.41, 5.74) is 2.96. The van der Waals surface area contributed by atoms with Gasteiger partial charge >= 0.3 is 0 Å². The first-order chi connectivity index (χ1) is 17.2. The zero-order valence-corrected chi connectivity index (χ0v) is 19.9. The molecule has 0 unspecified atom stereocenters. The molecule has 10 heteroatoms. The predicted octanol–water partition coefficient (Wildman–Crippen LogP) is 3.96. The fourth-order valence-corrected chi connectivity index (χ4v) is 4.46. The second kappa shape index (κ2) is 10.1. The van der Waals surface area contributed by atoms with Gasteiger partial charge < -0.3 is 18.9 Å². The van der Waals surface area contributed by atoms with Crippen molar-refractivity contribution in [3.05, 3.63) is 36.4 Å². The highest BCUT2D eigenvalue weighted by Crippen LogP contribution is 2.37. The summed E-state index contributed by atoms with van der Waals surface area (Å²) in [5.74, 6) is 2.04. The van der Waals surface area contributed by atoms with Crippen LogP contribution in [0.4, 0.5) is 0 Å². The maximum absolute atomic E-state index is 12.6. The van der Waals surface area contributed by atoms with E-state index in [2.05, 4.69) is 20.5 Å². The minimum absolute atomic E-state index is 0.180. The number of methoxy groups -OCH3 is 2. The Kier molecular flexibility index (Phi) is 6.60. The quantitative estimate of drug-likeness (QED) is 0.394. The van der Waals surface area contributed by atoms with Crippen LogP contribution in [0, 0.1) is 0 Å². The molecular formula is C25H28N6O4. The Hall–Kier alpha value is -3.95. The van der Waals surface area contributed by atoms with Crippen molar-refractivity contribution in [2.24, 2.45) is 0 Å². The summed E-state index contributed by atoms with van der Waals surface area (Å²) in [7, 11) is 3.14. The van der Waals surface area contributed by atoms with E-state index in [0.717, 1.165) is 37.0 Å². The van der Waals surface area contributed by atoms with Crippen LogP contribution in [-0.2, 0) is 11.3 Å². The van der Waals surface area contributed by atoms with Gasteiger partial charge in [0.25, 0.3) is 5.89 Å². The van der Waals surface area contributed by atoms with E-state index >= 15 is 0 Å². The Morgan fingerprint density at radius 3 is 2.66 bits per heavy atom. The molecule has 0 aliphatic carbocycles. The number of nitrogens with zero attached hydrogens (tertiary/aromatic N) is 6. The first-order valence-corrected chi connectivity index (χ1v) is 11.8. The van der Waals surface area contributed by atoms with Gasteiger partial charge in [0.15, 0.2) is 11.5 Å². The van der Waals surface area contributed by atoms with Gasteiger partial charge in [-0.3, -0.25) is 4.79 Å². The van der Waals surface area contributed by atoms with Crippen LogP contribution < -0.4 is 9.47 Å². The van der Waals surface area contributed by atoms with Crippen molar-refractivity contribution >= 4 is 16.9 Å². The van der Waals surface area contributed by atoms with Gasteiger partial charge in [0, 0.05) is 25.1 Å². The molecular weight excluding hydrogens is 448 g/mol. The average Bonchev–Trinajstić information content (AvgIpc) is 3.45. The average molecular weight is 477 g/mol. The van der Waals surface area contributed by atoms with Gasteiger partial charge in [-0.2, -0.15) is 4.98 Å². The van der Waals surface area contributed by atoms with Gasteiger partial charge in [0.1, 0.15) is 5.52 Å². The summed E-state index contributed by atoms with van der Waals surface area (Å²) >= 11 is 0. The standard InChI is InChI=1S/C25H28N6O4/c1-33-21-9-7-8-18(23(21)34-2)25-26-24(28-35-25)17-10-11-20-19(16-17)27-29-31(20)15-12-22(32)30-13-5-3-4-6-14-30/h7-11,16H,3-6,12-15H2,1-2H3. The normalized spacial score (nSPS) is 14.2. The van der Waals surface area contributed by atoms with E-state index in [1.165, 1.54) is 12.8 Å². The number of aromatic nitrogens is 5. The van der Waals surface area contributed by atoms with E-state index < -0.39 is 0 Å². The van der Waals surface area contributed by atoms with Gasteiger partial charge in [-0.15, -0.1) is 5.10 Å². The van der Waals surface area contributed by atoms with Crippen molar-refractivity contribution in [2.75, 3.05) is 27.3 Å². The van der Waals surface area contributed by atoms with Crippen molar-refractivity contribution in [1.29, 1.82) is 0 Å². The fraction of sp³-hybridized carbons (Fsp3) is 0.400. The molecule has 182 valence electrons. The lowest BCUT2D eigenvalue weighted by molar-refractivity contribution is -0.131. The number of hydrogen-bond acceptors (Lipinski definition) is 8. The summed E-state index contributed by atoms with van der Waals surface area (Å²) < 4.78 is 18.1. The van der Waals surface area contributed by atoms with Crippen LogP contribution >= 0.6 is 0 Å². The third kappa shape index (κ3) is 4.68. The fourth-order valence-electron chi connectivity index (χ4n) is 4.46. The van der Waals surface area contributed by atoms with Gasteiger partial charge in [0.2, 0.25) is 11.7 Å². The van der Waals surface area contributed by atoms with Crippen molar-refractivity contribution < 1.29 is 18.8 Å². The Morgan fingerprint density at radius 1 is 1.06 bits per heavy atom. The molecule has 10 nitrogen and oxygen atoms in total. The molecule has 0 radical (unpaired) electrons. The van der Waals surface area contributed by atoms with E-state index in [0.29, 0.717) is 47.3 Å². The smallest absolute Gasteiger partial charge is 0.262 e. The van der Waals surface area contributed by atoms with Crippen LogP contribution in [0.2, 0.25) is 0 Å². The summed E-state index contributed by atoms with van der Waals surface area (Å²) in [4.78, 5) is 19.2. The van der Waals surface area contributed by atoms with Crippen molar-refractivity contribution in [1.82, 2.24) is 30.0 Å². The number of rotatable bonds is 7. The van der Waals surface area contributed by atoms with E-state index in [-0.39, 0.29) is 5.91 Å². The zero-order chi connectivity index (χ0) is 24.2. The number of carbonyl (C=O) groups excluding carboxylic acids is 1. The molecule has 1 saturated heterocycles. The summed E-state index contributed by atoms with van der Waals surface area (Å²) in [5, 5.41) is 12.7. The first-order valence-electron chi connectivity index (χ1n) is 11.8. The molecule has 1 aliphatic rings. The number of carbonyl (C=O) groups is 1. The highest BCUT2D eigenvalue weighted by molar-refractivity contribution is 5.81. The first kappa shape index (κ1) is 22.8. The minimum atomic E-state index is 0.180. The van der Waals surface area contributed by atoms with Gasteiger partial charge in [-0.05, 0) is 43.2 Å². The number of amides is 1. The molecule has 0 bridgehead atoms. The molecule has 0 atom stereocenters. The highest BCUT2D eigenvalue weighted by Gasteiger charge is 2.19. The third-order valence-electron chi connectivity index (χ3n) is 6.33. The second-order valence-electron chi connectivity index (χ2n) is 8.53.